The van der Waals surface area contributed by atoms with Crippen molar-refractivity contribution >= 4 is 34.8 Å². The van der Waals surface area contributed by atoms with Gasteiger partial charge in [0.2, 0.25) is 5.91 Å². The van der Waals surface area contributed by atoms with Gasteiger partial charge in [-0.3, -0.25) is 9.78 Å². The number of rotatable bonds is 5. The molecule has 1 heterocycles. The van der Waals surface area contributed by atoms with E-state index in [-0.39, 0.29) is 17.4 Å². The van der Waals surface area contributed by atoms with Crippen molar-refractivity contribution in [1.82, 2.24) is 10.4 Å². The van der Waals surface area contributed by atoms with Crippen LogP contribution in [0.1, 0.15) is 11.3 Å². The fourth-order valence-corrected chi connectivity index (χ4v) is 3.27. The number of benzene rings is 2. The molecule has 0 saturated carbocycles. The number of phenolic OH excluding ortho intramolecular Hbond substituents is 1. The van der Waals surface area contributed by atoms with Crippen molar-refractivity contribution in [2.24, 2.45) is 5.10 Å². The molecule has 0 fully saturated rings. The lowest BCUT2D eigenvalue weighted by Gasteiger charge is -2.07. The molecule has 1 aromatic heterocycles. The van der Waals surface area contributed by atoms with Crippen molar-refractivity contribution in [1.29, 1.82) is 0 Å². The second-order valence-electron chi connectivity index (χ2n) is 5.42. The van der Waals surface area contributed by atoms with Crippen molar-refractivity contribution in [2.45, 2.75) is 11.8 Å². The number of para-hydroxylation sites is 2. The van der Waals surface area contributed by atoms with E-state index in [4.69, 9.17) is 0 Å². The van der Waals surface area contributed by atoms with Crippen LogP contribution in [0.3, 0.4) is 0 Å². The SMILES string of the molecule is Cc1cc(SCC(=O)NN=Cc2ccccc2O)c2ccccc2n1. The minimum absolute atomic E-state index is 0.119. The van der Waals surface area contributed by atoms with Gasteiger partial charge in [-0.05, 0) is 31.2 Å². The van der Waals surface area contributed by atoms with E-state index in [0.29, 0.717) is 5.56 Å². The highest BCUT2D eigenvalue weighted by molar-refractivity contribution is 8.00. The zero-order valence-electron chi connectivity index (χ0n) is 13.6. The monoisotopic (exact) mass is 351 g/mol. The summed E-state index contributed by atoms with van der Waals surface area (Å²) in [6.07, 6.45) is 1.42. The highest BCUT2D eigenvalue weighted by Crippen LogP contribution is 2.27. The Hall–Kier alpha value is -2.86. The maximum absolute atomic E-state index is 12.0. The molecule has 2 aromatic carbocycles. The fraction of sp³-hybridized carbons (Fsp3) is 0.105. The predicted molar refractivity (Wildman–Crippen MR) is 101 cm³/mol. The van der Waals surface area contributed by atoms with Crippen LogP contribution < -0.4 is 5.43 Å². The van der Waals surface area contributed by atoms with Gasteiger partial charge in [-0.1, -0.05) is 30.3 Å². The molecule has 5 nitrogen and oxygen atoms in total. The highest BCUT2D eigenvalue weighted by atomic mass is 32.2. The molecule has 0 saturated heterocycles. The normalized spacial score (nSPS) is 11.1. The average molecular weight is 351 g/mol. The molecular formula is C19H17N3O2S. The number of hydrazone groups is 1. The summed E-state index contributed by atoms with van der Waals surface area (Å²) >= 11 is 1.45. The number of hydrogen-bond acceptors (Lipinski definition) is 5. The van der Waals surface area contributed by atoms with Crippen molar-refractivity contribution in [3.63, 3.8) is 0 Å². The molecule has 2 N–H and O–H groups in total. The number of thioether (sulfide) groups is 1. The summed E-state index contributed by atoms with van der Waals surface area (Å²) in [4.78, 5) is 17.5. The largest absolute Gasteiger partial charge is 0.507 e. The third-order valence-electron chi connectivity index (χ3n) is 3.49. The van der Waals surface area contributed by atoms with Crippen molar-refractivity contribution < 1.29 is 9.90 Å². The predicted octanol–water partition coefficient (Wildman–Crippen LogP) is 3.49. The zero-order valence-corrected chi connectivity index (χ0v) is 14.5. The second kappa shape index (κ2) is 7.81. The van der Waals surface area contributed by atoms with Gasteiger partial charge in [0.05, 0.1) is 17.5 Å². The fourth-order valence-electron chi connectivity index (χ4n) is 2.33. The topological polar surface area (TPSA) is 74.6 Å². The van der Waals surface area contributed by atoms with E-state index in [0.717, 1.165) is 21.5 Å². The molecule has 0 atom stereocenters. The molecule has 0 radical (unpaired) electrons. The van der Waals surface area contributed by atoms with E-state index in [1.165, 1.54) is 18.0 Å². The van der Waals surface area contributed by atoms with Crippen molar-refractivity contribution in [2.75, 3.05) is 5.75 Å². The smallest absolute Gasteiger partial charge is 0.250 e. The van der Waals surface area contributed by atoms with Crippen molar-refractivity contribution in [3.05, 3.63) is 65.9 Å². The molecule has 3 rings (SSSR count). The first-order chi connectivity index (χ1) is 12.1. The Kier molecular flexibility index (Phi) is 5.30. The van der Waals surface area contributed by atoms with Crippen LogP contribution in [0.4, 0.5) is 0 Å². The number of fused-ring (bicyclic) bond motifs is 1. The maximum atomic E-state index is 12.0. The van der Waals surface area contributed by atoms with Gasteiger partial charge in [0.15, 0.2) is 0 Å². The summed E-state index contributed by atoms with van der Waals surface area (Å²) in [5.41, 5.74) is 4.86. The number of pyridine rings is 1. The number of nitrogens with one attached hydrogen (secondary N) is 1. The molecule has 3 aromatic rings. The Morgan fingerprint density at radius 1 is 1.24 bits per heavy atom. The standard InChI is InChI=1S/C19H17N3O2S/c1-13-10-18(15-7-3-4-8-16(15)21-13)25-12-19(24)22-20-11-14-6-2-5-9-17(14)23/h2-11,23H,12H2,1H3,(H,22,24). The number of carbonyl (C=O) groups is 1. The third-order valence-corrected chi connectivity index (χ3v) is 4.55. The van der Waals surface area contributed by atoms with Gasteiger partial charge in [0, 0.05) is 21.5 Å². The van der Waals surface area contributed by atoms with Gasteiger partial charge >= 0.3 is 0 Å². The number of aromatic nitrogens is 1. The highest BCUT2D eigenvalue weighted by Gasteiger charge is 2.07. The van der Waals surface area contributed by atoms with E-state index in [9.17, 15) is 9.90 Å². The number of aryl methyl sites for hydroxylation is 1. The van der Waals surface area contributed by atoms with Crippen LogP contribution in [0.15, 0.2) is 64.6 Å². The quantitative estimate of drug-likeness (QED) is 0.419. The van der Waals surface area contributed by atoms with Gasteiger partial charge < -0.3 is 5.11 Å². The zero-order chi connectivity index (χ0) is 17.6. The van der Waals surface area contributed by atoms with Crippen LogP contribution in [0.5, 0.6) is 5.75 Å². The first kappa shape index (κ1) is 17.0. The molecule has 0 spiro atoms. The number of phenols is 1. The summed E-state index contributed by atoms with van der Waals surface area (Å²) in [5, 5.41) is 14.6. The molecule has 126 valence electrons. The lowest BCUT2D eigenvalue weighted by Crippen LogP contribution is -2.19. The van der Waals surface area contributed by atoms with E-state index in [1.807, 2.05) is 37.3 Å². The van der Waals surface area contributed by atoms with Gasteiger partial charge in [-0.15, -0.1) is 11.8 Å². The van der Waals surface area contributed by atoms with Crippen LogP contribution in [-0.4, -0.2) is 28.0 Å². The number of carbonyl (C=O) groups excluding carboxylic acids is 1. The van der Waals surface area contributed by atoms with E-state index in [2.05, 4.69) is 15.5 Å². The molecule has 6 heteroatoms. The van der Waals surface area contributed by atoms with Crippen LogP contribution in [0.2, 0.25) is 0 Å². The molecule has 0 aliphatic heterocycles. The lowest BCUT2D eigenvalue weighted by atomic mass is 10.2. The molecular weight excluding hydrogens is 334 g/mol. The Bertz CT molecular complexity index is 941. The third kappa shape index (κ3) is 4.36. The molecule has 1 amide bonds. The summed E-state index contributed by atoms with van der Waals surface area (Å²) < 4.78 is 0. The van der Waals surface area contributed by atoms with Crippen LogP contribution in [0.25, 0.3) is 10.9 Å². The Morgan fingerprint density at radius 2 is 2.00 bits per heavy atom. The Morgan fingerprint density at radius 3 is 2.84 bits per heavy atom. The van der Waals surface area contributed by atoms with Crippen LogP contribution >= 0.6 is 11.8 Å². The van der Waals surface area contributed by atoms with E-state index in [1.54, 1.807) is 24.3 Å². The van der Waals surface area contributed by atoms with Gasteiger partial charge in [-0.2, -0.15) is 5.10 Å². The number of aromatic hydroxyl groups is 1. The van der Waals surface area contributed by atoms with Gasteiger partial charge in [0.25, 0.3) is 0 Å². The number of hydrogen-bond donors (Lipinski definition) is 2. The molecule has 0 bridgehead atoms. The minimum Gasteiger partial charge on any atom is -0.507 e. The molecule has 0 aliphatic carbocycles. The molecule has 25 heavy (non-hydrogen) atoms. The Balaban J connectivity index is 1.62. The van der Waals surface area contributed by atoms with E-state index < -0.39 is 0 Å². The Labute approximate surface area is 149 Å². The lowest BCUT2D eigenvalue weighted by molar-refractivity contribution is -0.118. The molecule has 0 aliphatic rings. The first-order valence-electron chi connectivity index (χ1n) is 7.72. The summed E-state index contributed by atoms with van der Waals surface area (Å²) in [6, 6.07) is 16.6. The van der Waals surface area contributed by atoms with Gasteiger partial charge in [-0.25, -0.2) is 5.43 Å². The minimum atomic E-state index is -0.213. The summed E-state index contributed by atoms with van der Waals surface area (Å²) in [6.45, 7) is 1.94. The van der Waals surface area contributed by atoms with E-state index >= 15 is 0 Å². The second-order valence-corrected chi connectivity index (χ2v) is 6.44. The average Bonchev–Trinajstić information content (AvgIpc) is 2.61. The maximum Gasteiger partial charge on any atom is 0.250 e. The van der Waals surface area contributed by atoms with Crippen LogP contribution in [0, 0.1) is 6.92 Å². The summed E-state index contributed by atoms with van der Waals surface area (Å²) in [5.74, 6) is 0.148. The molecule has 0 unspecified atom stereocenters. The van der Waals surface area contributed by atoms with Crippen molar-refractivity contribution in [3.8, 4) is 5.75 Å². The summed E-state index contributed by atoms with van der Waals surface area (Å²) in [7, 11) is 0. The number of nitrogens with zero attached hydrogens (tertiary/aromatic N) is 2. The van der Waals surface area contributed by atoms with Crippen LogP contribution in [-0.2, 0) is 4.79 Å². The first-order valence-corrected chi connectivity index (χ1v) is 8.71. The number of amides is 1. The van der Waals surface area contributed by atoms with Gasteiger partial charge in [0.1, 0.15) is 5.75 Å².